The molecule has 0 radical (unpaired) electrons. The first kappa shape index (κ1) is 12.0. The van der Waals surface area contributed by atoms with Crippen LogP contribution in [0.3, 0.4) is 0 Å². The van der Waals surface area contributed by atoms with E-state index in [2.05, 4.69) is 44.8 Å². The van der Waals surface area contributed by atoms with Crippen molar-refractivity contribution in [3.05, 3.63) is 36.2 Å². The highest BCUT2D eigenvalue weighted by Gasteiger charge is 2.12. The smallest absolute Gasteiger partial charge is 0.102 e. The standard InChI is InChI=1S/C14H19N5/c1-18-11-13(16-17-18)10-15-12-5-4-6-14(9-12)19-7-2-3-8-19/h4-6,9,11,15H,2-3,7-8,10H2,1H3. The molecule has 2 heterocycles. The Balaban J connectivity index is 1.65. The van der Waals surface area contributed by atoms with E-state index in [0.717, 1.165) is 11.4 Å². The van der Waals surface area contributed by atoms with E-state index in [-0.39, 0.29) is 0 Å². The zero-order valence-corrected chi connectivity index (χ0v) is 11.2. The van der Waals surface area contributed by atoms with Crippen LogP contribution < -0.4 is 10.2 Å². The van der Waals surface area contributed by atoms with Crippen molar-refractivity contribution in [1.29, 1.82) is 0 Å². The Morgan fingerprint density at radius 3 is 2.84 bits per heavy atom. The number of anilines is 2. The fourth-order valence-corrected chi connectivity index (χ4v) is 2.46. The molecular weight excluding hydrogens is 238 g/mol. The second kappa shape index (κ2) is 5.30. The maximum absolute atomic E-state index is 4.07. The average molecular weight is 257 g/mol. The lowest BCUT2D eigenvalue weighted by Crippen LogP contribution is -2.17. The molecule has 0 amide bonds. The minimum absolute atomic E-state index is 0.706. The third kappa shape index (κ3) is 2.86. The second-order valence-corrected chi connectivity index (χ2v) is 4.98. The van der Waals surface area contributed by atoms with E-state index in [0.29, 0.717) is 6.54 Å². The van der Waals surface area contributed by atoms with E-state index in [1.54, 1.807) is 4.68 Å². The number of hydrogen-bond donors (Lipinski definition) is 1. The summed E-state index contributed by atoms with van der Waals surface area (Å²) >= 11 is 0. The van der Waals surface area contributed by atoms with Gasteiger partial charge in [0.05, 0.1) is 6.54 Å². The number of aromatic nitrogens is 3. The van der Waals surface area contributed by atoms with Crippen LogP contribution >= 0.6 is 0 Å². The average Bonchev–Trinajstić information content (AvgIpc) is 3.08. The summed E-state index contributed by atoms with van der Waals surface area (Å²) in [5.41, 5.74) is 3.39. The Morgan fingerprint density at radius 1 is 1.26 bits per heavy atom. The number of benzene rings is 1. The molecule has 0 saturated carbocycles. The summed E-state index contributed by atoms with van der Waals surface area (Å²) in [5, 5.41) is 11.4. The Labute approximate surface area is 113 Å². The fraction of sp³-hybridized carbons (Fsp3) is 0.429. The molecule has 1 aromatic heterocycles. The van der Waals surface area contributed by atoms with Crippen molar-refractivity contribution >= 4 is 11.4 Å². The van der Waals surface area contributed by atoms with Crippen LogP contribution in [0.4, 0.5) is 11.4 Å². The lowest BCUT2D eigenvalue weighted by atomic mass is 10.2. The van der Waals surface area contributed by atoms with E-state index in [9.17, 15) is 0 Å². The Kier molecular flexibility index (Phi) is 3.35. The van der Waals surface area contributed by atoms with Crippen molar-refractivity contribution in [2.75, 3.05) is 23.3 Å². The van der Waals surface area contributed by atoms with Crippen molar-refractivity contribution in [3.8, 4) is 0 Å². The third-order valence-corrected chi connectivity index (χ3v) is 3.44. The summed E-state index contributed by atoms with van der Waals surface area (Å²) in [7, 11) is 1.88. The summed E-state index contributed by atoms with van der Waals surface area (Å²) in [5.74, 6) is 0. The van der Waals surface area contributed by atoms with Crippen molar-refractivity contribution in [2.24, 2.45) is 7.05 Å². The van der Waals surface area contributed by atoms with Gasteiger partial charge >= 0.3 is 0 Å². The maximum atomic E-state index is 4.07. The molecule has 5 nitrogen and oxygen atoms in total. The van der Waals surface area contributed by atoms with Crippen LogP contribution in [0.2, 0.25) is 0 Å². The van der Waals surface area contributed by atoms with Crippen LogP contribution in [-0.4, -0.2) is 28.1 Å². The number of rotatable bonds is 4. The quantitative estimate of drug-likeness (QED) is 0.910. The predicted octanol–water partition coefficient (Wildman–Crippen LogP) is 2.03. The van der Waals surface area contributed by atoms with Crippen molar-refractivity contribution in [2.45, 2.75) is 19.4 Å². The van der Waals surface area contributed by atoms with Gasteiger partial charge < -0.3 is 10.2 Å². The van der Waals surface area contributed by atoms with Crippen LogP contribution in [0.1, 0.15) is 18.5 Å². The molecule has 0 unspecified atom stereocenters. The largest absolute Gasteiger partial charge is 0.379 e. The van der Waals surface area contributed by atoms with Gasteiger partial charge in [-0.1, -0.05) is 11.3 Å². The molecule has 0 aliphatic carbocycles. The van der Waals surface area contributed by atoms with Gasteiger partial charge in [-0.2, -0.15) is 0 Å². The van der Waals surface area contributed by atoms with E-state index >= 15 is 0 Å². The second-order valence-electron chi connectivity index (χ2n) is 4.98. The van der Waals surface area contributed by atoms with Crippen molar-refractivity contribution in [1.82, 2.24) is 15.0 Å². The van der Waals surface area contributed by atoms with E-state index in [4.69, 9.17) is 0 Å². The molecule has 3 rings (SSSR count). The molecule has 0 spiro atoms. The number of hydrogen-bond acceptors (Lipinski definition) is 4. The molecule has 1 aliphatic heterocycles. The molecule has 1 aromatic carbocycles. The highest BCUT2D eigenvalue weighted by Crippen LogP contribution is 2.23. The minimum Gasteiger partial charge on any atom is -0.379 e. The van der Waals surface area contributed by atoms with Gasteiger partial charge in [0.15, 0.2) is 0 Å². The van der Waals surface area contributed by atoms with Gasteiger partial charge in [-0.25, -0.2) is 0 Å². The Bertz CT molecular complexity index is 542. The van der Waals surface area contributed by atoms with Gasteiger partial charge in [0.1, 0.15) is 5.69 Å². The van der Waals surface area contributed by atoms with Gasteiger partial charge in [0.25, 0.3) is 0 Å². The zero-order valence-electron chi connectivity index (χ0n) is 11.2. The molecule has 2 aromatic rings. The molecule has 1 saturated heterocycles. The van der Waals surface area contributed by atoms with Gasteiger partial charge in [-0.3, -0.25) is 4.68 Å². The van der Waals surface area contributed by atoms with Crippen LogP contribution in [0, 0.1) is 0 Å². The highest BCUT2D eigenvalue weighted by molar-refractivity contribution is 5.58. The van der Waals surface area contributed by atoms with Crippen molar-refractivity contribution in [3.63, 3.8) is 0 Å². The lowest BCUT2D eigenvalue weighted by Gasteiger charge is -2.18. The summed E-state index contributed by atoms with van der Waals surface area (Å²) < 4.78 is 1.72. The number of aryl methyl sites for hydroxylation is 1. The number of nitrogens with one attached hydrogen (secondary N) is 1. The first-order valence-electron chi connectivity index (χ1n) is 6.75. The number of nitrogens with zero attached hydrogens (tertiary/aromatic N) is 4. The van der Waals surface area contributed by atoms with Gasteiger partial charge in [-0.05, 0) is 31.0 Å². The molecule has 1 fully saturated rings. The van der Waals surface area contributed by atoms with Crippen LogP contribution in [0.15, 0.2) is 30.5 Å². The summed E-state index contributed by atoms with van der Waals surface area (Å²) in [6, 6.07) is 8.59. The molecule has 19 heavy (non-hydrogen) atoms. The molecule has 0 bridgehead atoms. The molecule has 1 N–H and O–H groups in total. The lowest BCUT2D eigenvalue weighted by molar-refractivity contribution is 0.713. The molecule has 100 valence electrons. The third-order valence-electron chi connectivity index (χ3n) is 3.44. The summed E-state index contributed by atoms with van der Waals surface area (Å²) in [4.78, 5) is 2.44. The molecule has 1 aliphatic rings. The molecule has 5 heteroatoms. The van der Waals surface area contributed by atoms with Crippen molar-refractivity contribution < 1.29 is 0 Å². The topological polar surface area (TPSA) is 46.0 Å². The van der Waals surface area contributed by atoms with E-state index < -0.39 is 0 Å². The highest BCUT2D eigenvalue weighted by atomic mass is 15.4. The maximum Gasteiger partial charge on any atom is 0.102 e. The van der Waals surface area contributed by atoms with E-state index in [1.165, 1.54) is 31.6 Å². The normalized spacial score (nSPS) is 14.9. The predicted molar refractivity (Wildman–Crippen MR) is 76.2 cm³/mol. The van der Waals surface area contributed by atoms with Gasteiger partial charge in [0.2, 0.25) is 0 Å². The first-order chi connectivity index (χ1) is 9.31. The van der Waals surface area contributed by atoms with Gasteiger partial charge in [0, 0.05) is 37.7 Å². The SMILES string of the molecule is Cn1cc(CNc2cccc(N3CCCC3)c2)nn1. The zero-order chi connectivity index (χ0) is 13.1. The summed E-state index contributed by atoms with van der Waals surface area (Å²) in [6.07, 6.45) is 4.53. The van der Waals surface area contributed by atoms with Crippen LogP contribution in [-0.2, 0) is 13.6 Å². The Hall–Kier alpha value is -2.04. The minimum atomic E-state index is 0.706. The monoisotopic (exact) mass is 257 g/mol. The van der Waals surface area contributed by atoms with E-state index in [1.807, 2.05) is 13.2 Å². The fourth-order valence-electron chi connectivity index (χ4n) is 2.46. The summed E-state index contributed by atoms with van der Waals surface area (Å²) in [6.45, 7) is 3.05. The Morgan fingerprint density at radius 2 is 2.11 bits per heavy atom. The van der Waals surface area contributed by atoms with Gasteiger partial charge in [-0.15, -0.1) is 5.10 Å². The van der Waals surface area contributed by atoms with Crippen LogP contribution in [0.5, 0.6) is 0 Å². The van der Waals surface area contributed by atoms with Crippen LogP contribution in [0.25, 0.3) is 0 Å². The molecular formula is C14H19N5. The molecule has 0 atom stereocenters. The first-order valence-corrected chi connectivity index (χ1v) is 6.75.